The molecule has 2 aromatic rings. The van der Waals surface area contributed by atoms with Crippen LogP contribution in [0, 0.1) is 13.8 Å². The van der Waals surface area contributed by atoms with Crippen molar-refractivity contribution >= 4 is 29.7 Å². The van der Waals surface area contributed by atoms with Crippen molar-refractivity contribution in [2.75, 3.05) is 13.7 Å². The van der Waals surface area contributed by atoms with E-state index >= 15 is 0 Å². The molecule has 0 spiro atoms. The third kappa shape index (κ3) is 5.99. The highest BCUT2D eigenvalue weighted by atomic mass is 35.5. The number of rotatable bonds is 8. The first kappa shape index (κ1) is 21.2. The summed E-state index contributed by atoms with van der Waals surface area (Å²) in [5.41, 5.74) is 6.10. The number of carbonyl (C=O) groups excluding carboxylic acids is 1. The van der Waals surface area contributed by atoms with Crippen molar-refractivity contribution in [3.05, 3.63) is 57.6 Å². The number of carboxylic acids is 1. The SMILES string of the molecule is COc1cc(/C=N/NC(=O)Cc2cc(C)ccc2C)cc(Cl)c1OCC(=O)O. The number of nitrogens with zero attached hydrogens (tertiary/aromatic N) is 1. The number of aliphatic carboxylic acids is 1. The number of amides is 1. The zero-order valence-electron chi connectivity index (χ0n) is 15.8. The van der Waals surface area contributed by atoms with Gasteiger partial charge in [-0.3, -0.25) is 4.79 Å². The van der Waals surface area contributed by atoms with E-state index in [0.717, 1.165) is 16.7 Å². The van der Waals surface area contributed by atoms with Crippen molar-refractivity contribution < 1.29 is 24.2 Å². The summed E-state index contributed by atoms with van der Waals surface area (Å²) in [6.07, 6.45) is 1.63. The highest BCUT2D eigenvalue weighted by Crippen LogP contribution is 2.36. The number of halogens is 1. The van der Waals surface area contributed by atoms with Crippen LogP contribution >= 0.6 is 11.6 Å². The van der Waals surface area contributed by atoms with Gasteiger partial charge in [-0.05, 0) is 42.7 Å². The Kier molecular flexibility index (Phi) is 7.40. The number of ether oxygens (including phenoxy) is 2. The van der Waals surface area contributed by atoms with Crippen LogP contribution in [-0.2, 0) is 16.0 Å². The van der Waals surface area contributed by atoms with Crippen LogP contribution in [0.25, 0.3) is 0 Å². The molecule has 28 heavy (non-hydrogen) atoms. The summed E-state index contributed by atoms with van der Waals surface area (Å²) in [5, 5.41) is 12.8. The number of benzene rings is 2. The monoisotopic (exact) mass is 404 g/mol. The van der Waals surface area contributed by atoms with Gasteiger partial charge in [-0.15, -0.1) is 0 Å². The van der Waals surface area contributed by atoms with E-state index in [-0.39, 0.29) is 28.8 Å². The molecule has 0 aliphatic heterocycles. The van der Waals surface area contributed by atoms with Crippen molar-refractivity contribution in [1.82, 2.24) is 5.43 Å². The van der Waals surface area contributed by atoms with Gasteiger partial charge in [-0.1, -0.05) is 35.4 Å². The fourth-order valence-corrected chi connectivity index (χ4v) is 2.74. The molecular formula is C20H21ClN2O5. The Hall–Kier alpha value is -3.06. The van der Waals surface area contributed by atoms with E-state index in [9.17, 15) is 9.59 Å². The van der Waals surface area contributed by atoms with E-state index in [1.165, 1.54) is 19.4 Å². The molecular weight excluding hydrogens is 384 g/mol. The molecule has 2 aromatic carbocycles. The Bertz CT molecular complexity index is 912. The van der Waals surface area contributed by atoms with Crippen molar-refractivity contribution in [2.24, 2.45) is 5.10 Å². The van der Waals surface area contributed by atoms with Crippen LogP contribution in [0.1, 0.15) is 22.3 Å². The van der Waals surface area contributed by atoms with Gasteiger partial charge in [-0.25, -0.2) is 10.2 Å². The molecule has 8 heteroatoms. The van der Waals surface area contributed by atoms with Crippen molar-refractivity contribution in [2.45, 2.75) is 20.3 Å². The molecule has 0 heterocycles. The Morgan fingerprint density at radius 2 is 2.00 bits per heavy atom. The lowest BCUT2D eigenvalue weighted by Gasteiger charge is -2.11. The number of methoxy groups -OCH3 is 1. The summed E-state index contributed by atoms with van der Waals surface area (Å²) in [5.74, 6) is -0.987. The van der Waals surface area contributed by atoms with E-state index in [0.29, 0.717) is 5.56 Å². The number of carbonyl (C=O) groups is 2. The van der Waals surface area contributed by atoms with Gasteiger partial charge in [0.1, 0.15) is 0 Å². The fourth-order valence-electron chi connectivity index (χ4n) is 2.47. The molecule has 148 valence electrons. The second-order valence-corrected chi connectivity index (χ2v) is 6.52. The van der Waals surface area contributed by atoms with E-state index in [4.69, 9.17) is 26.2 Å². The van der Waals surface area contributed by atoms with E-state index in [1.54, 1.807) is 6.07 Å². The van der Waals surface area contributed by atoms with Crippen LogP contribution in [0.5, 0.6) is 11.5 Å². The first-order chi connectivity index (χ1) is 13.3. The molecule has 0 aromatic heterocycles. The van der Waals surface area contributed by atoms with Gasteiger partial charge in [0.05, 0.1) is 24.8 Å². The van der Waals surface area contributed by atoms with E-state index in [1.807, 2.05) is 32.0 Å². The average molecular weight is 405 g/mol. The number of hydrazone groups is 1. The highest BCUT2D eigenvalue weighted by Gasteiger charge is 2.13. The Labute approximate surface area is 167 Å². The van der Waals surface area contributed by atoms with Crippen LogP contribution in [0.3, 0.4) is 0 Å². The lowest BCUT2D eigenvalue weighted by molar-refractivity contribution is -0.139. The predicted octanol–water partition coefficient (Wildman–Crippen LogP) is 3.12. The van der Waals surface area contributed by atoms with Crippen LogP contribution in [0.15, 0.2) is 35.4 Å². The fraction of sp³-hybridized carbons (Fsp3) is 0.250. The molecule has 2 rings (SSSR count). The lowest BCUT2D eigenvalue weighted by atomic mass is 10.0. The molecule has 0 saturated carbocycles. The number of hydrogen-bond acceptors (Lipinski definition) is 5. The second kappa shape index (κ2) is 9.75. The third-order valence-electron chi connectivity index (χ3n) is 3.85. The second-order valence-electron chi connectivity index (χ2n) is 6.12. The van der Waals surface area contributed by atoms with E-state index in [2.05, 4.69) is 10.5 Å². The van der Waals surface area contributed by atoms with Crippen LogP contribution in [-0.4, -0.2) is 36.9 Å². The van der Waals surface area contributed by atoms with Crippen molar-refractivity contribution in [1.29, 1.82) is 0 Å². The van der Waals surface area contributed by atoms with Crippen LogP contribution in [0.4, 0.5) is 0 Å². The van der Waals surface area contributed by atoms with Gasteiger partial charge in [0.2, 0.25) is 5.91 Å². The predicted molar refractivity (Wildman–Crippen MR) is 106 cm³/mol. The Morgan fingerprint density at radius 1 is 1.25 bits per heavy atom. The maximum atomic E-state index is 12.1. The minimum absolute atomic E-state index is 0.127. The van der Waals surface area contributed by atoms with Gasteiger partial charge in [0, 0.05) is 0 Å². The maximum Gasteiger partial charge on any atom is 0.341 e. The molecule has 0 aliphatic rings. The summed E-state index contributed by atoms with van der Waals surface area (Å²) in [7, 11) is 1.41. The summed E-state index contributed by atoms with van der Waals surface area (Å²) >= 11 is 6.13. The molecule has 2 N–H and O–H groups in total. The number of nitrogens with one attached hydrogen (secondary N) is 1. The molecule has 1 amide bonds. The molecule has 0 saturated heterocycles. The average Bonchev–Trinajstić information content (AvgIpc) is 2.63. The topological polar surface area (TPSA) is 97.2 Å². The van der Waals surface area contributed by atoms with Gasteiger partial charge < -0.3 is 14.6 Å². The summed E-state index contributed by atoms with van der Waals surface area (Å²) in [6, 6.07) is 9.05. The maximum absolute atomic E-state index is 12.1. The summed E-state index contributed by atoms with van der Waals surface area (Å²) < 4.78 is 10.3. The van der Waals surface area contributed by atoms with Crippen molar-refractivity contribution in [3.8, 4) is 11.5 Å². The van der Waals surface area contributed by atoms with Gasteiger partial charge in [-0.2, -0.15) is 5.10 Å². The summed E-state index contributed by atoms with van der Waals surface area (Å²) in [6.45, 7) is 3.38. The zero-order chi connectivity index (χ0) is 20.7. The lowest BCUT2D eigenvalue weighted by Crippen LogP contribution is -2.20. The molecule has 0 fully saturated rings. The first-order valence-electron chi connectivity index (χ1n) is 8.40. The number of hydrogen-bond donors (Lipinski definition) is 2. The normalized spacial score (nSPS) is 10.7. The standard InChI is InChI=1S/C20H21ClN2O5/c1-12-4-5-13(2)15(6-12)9-18(24)23-22-10-14-7-16(21)20(17(8-14)27-3)28-11-19(25)26/h4-8,10H,9,11H2,1-3H3,(H,23,24)(H,25,26)/b22-10+. The zero-order valence-corrected chi connectivity index (χ0v) is 16.5. The molecule has 0 radical (unpaired) electrons. The largest absolute Gasteiger partial charge is 0.493 e. The van der Waals surface area contributed by atoms with Crippen LogP contribution in [0.2, 0.25) is 5.02 Å². The quantitative estimate of drug-likeness (QED) is 0.520. The first-order valence-corrected chi connectivity index (χ1v) is 8.78. The smallest absolute Gasteiger partial charge is 0.341 e. The van der Waals surface area contributed by atoms with Crippen molar-refractivity contribution in [3.63, 3.8) is 0 Å². The molecule has 0 bridgehead atoms. The van der Waals surface area contributed by atoms with Gasteiger partial charge in [0.25, 0.3) is 0 Å². The summed E-state index contributed by atoms with van der Waals surface area (Å²) in [4.78, 5) is 22.8. The Morgan fingerprint density at radius 3 is 2.68 bits per heavy atom. The highest BCUT2D eigenvalue weighted by molar-refractivity contribution is 6.32. The van der Waals surface area contributed by atoms with Crippen LogP contribution < -0.4 is 14.9 Å². The third-order valence-corrected chi connectivity index (χ3v) is 4.13. The molecule has 0 unspecified atom stereocenters. The minimum atomic E-state index is -1.13. The molecule has 7 nitrogen and oxygen atoms in total. The number of carboxylic acid groups (broad SMARTS) is 1. The molecule has 0 atom stereocenters. The minimum Gasteiger partial charge on any atom is -0.493 e. The van der Waals surface area contributed by atoms with Gasteiger partial charge in [0.15, 0.2) is 18.1 Å². The molecule has 0 aliphatic carbocycles. The Balaban J connectivity index is 2.05. The van der Waals surface area contributed by atoms with E-state index < -0.39 is 12.6 Å². The van der Waals surface area contributed by atoms with Gasteiger partial charge >= 0.3 is 5.97 Å². The number of aryl methyl sites for hydroxylation is 2.